The second-order valence-electron chi connectivity index (χ2n) is 2.87. The fourth-order valence-electron chi connectivity index (χ4n) is 1.07. The van der Waals surface area contributed by atoms with Gasteiger partial charge < -0.3 is 5.73 Å². The lowest BCUT2D eigenvalue weighted by molar-refractivity contribution is 0.766. The molecule has 0 unspecified atom stereocenters. The van der Waals surface area contributed by atoms with Crippen LogP contribution < -0.4 is 5.73 Å². The standard InChI is InChI=1S/C9H10N4S/c1-13-6-7(4-12-13)14-9-2-3-11-5-8(9)10/h2-6H,10H2,1H3. The van der Waals surface area contributed by atoms with Gasteiger partial charge in [0.1, 0.15) is 0 Å². The van der Waals surface area contributed by atoms with Crippen LogP contribution in [0.5, 0.6) is 0 Å². The minimum absolute atomic E-state index is 0.696. The number of nitrogens with two attached hydrogens (primary N) is 1. The number of aromatic nitrogens is 3. The molecule has 0 spiro atoms. The summed E-state index contributed by atoms with van der Waals surface area (Å²) in [7, 11) is 1.89. The van der Waals surface area contributed by atoms with E-state index >= 15 is 0 Å². The Balaban J connectivity index is 2.23. The Kier molecular flexibility index (Phi) is 2.41. The number of hydrogen-bond acceptors (Lipinski definition) is 4. The van der Waals surface area contributed by atoms with E-state index in [-0.39, 0.29) is 0 Å². The van der Waals surface area contributed by atoms with Gasteiger partial charge in [0, 0.05) is 24.3 Å². The van der Waals surface area contributed by atoms with Gasteiger partial charge in [-0.1, -0.05) is 11.8 Å². The third-order valence-corrected chi connectivity index (χ3v) is 2.76. The van der Waals surface area contributed by atoms with E-state index in [4.69, 9.17) is 5.73 Å². The summed E-state index contributed by atoms with van der Waals surface area (Å²) in [5.74, 6) is 0. The lowest BCUT2D eigenvalue weighted by Crippen LogP contribution is -1.88. The van der Waals surface area contributed by atoms with Gasteiger partial charge in [-0.15, -0.1) is 0 Å². The Morgan fingerprint density at radius 3 is 2.93 bits per heavy atom. The molecule has 0 aromatic carbocycles. The minimum atomic E-state index is 0.696. The predicted octanol–water partition coefficient (Wildman–Crippen LogP) is 1.55. The first-order valence-corrected chi connectivity index (χ1v) is 4.93. The average Bonchev–Trinajstić information content (AvgIpc) is 2.56. The van der Waals surface area contributed by atoms with E-state index in [0.29, 0.717) is 5.69 Å². The van der Waals surface area contributed by atoms with Crippen LogP contribution in [-0.4, -0.2) is 14.8 Å². The third-order valence-electron chi connectivity index (χ3n) is 1.72. The summed E-state index contributed by atoms with van der Waals surface area (Å²) in [4.78, 5) is 6.01. The highest BCUT2D eigenvalue weighted by Crippen LogP contribution is 2.30. The first-order valence-electron chi connectivity index (χ1n) is 4.11. The van der Waals surface area contributed by atoms with Crippen LogP contribution >= 0.6 is 11.8 Å². The summed E-state index contributed by atoms with van der Waals surface area (Å²) in [5.41, 5.74) is 6.46. The van der Waals surface area contributed by atoms with Crippen LogP contribution in [-0.2, 0) is 7.05 Å². The summed E-state index contributed by atoms with van der Waals surface area (Å²) in [5, 5.41) is 4.08. The van der Waals surface area contributed by atoms with E-state index < -0.39 is 0 Å². The zero-order chi connectivity index (χ0) is 9.97. The van der Waals surface area contributed by atoms with E-state index in [2.05, 4.69) is 10.1 Å². The summed E-state index contributed by atoms with van der Waals surface area (Å²) in [6, 6.07) is 1.90. The lowest BCUT2D eigenvalue weighted by atomic mass is 10.4. The number of nitrogen functional groups attached to an aromatic ring is 1. The van der Waals surface area contributed by atoms with Crippen molar-refractivity contribution >= 4 is 17.4 Å². The second kappa shape index (κ2) is 3.71. The Morgan fingerprint density at radius 2 is 2.29 bits per heavy atom. The number of pyridine rings is 1. The highest BCUT2D eigenvalue weighted by atomic mass is 32.2. The lowest BCUT2D eigenvalue weighted by Gasteiger charge is -2.00. The van der Waals surface area contributed by atoms with E-state index in [1.165, 1.54) is 0 Å². The maximum Gasteiger partial charge on any atom is 0.0642 e. The molecular formula is C9H10N4S. The SMILES string of the molecule is Cn1cc(Sc2ccncc2N)cn1. The van der Waals surface area contributed by atoms with Crippen LogP contribution in [0.3, 0.4) is 0 Å². The van der Waals surface area contributed by atoms with Crippen molar-refractivity contribution in [3.8, 4) is 0 Å². The van der Waals surface area contributed by atoms with Gasteiger partial charge in [0.2, 0.25) is 0 Å². The van der Waals surface area contributed by atoms with Crippen LogP contribution in [0.4, 0.5) is 5.69 Å². The number of anilines is 1. The number of rotatable bonds is 2. The molecule has 0 fully saturated rings. The van der Waals surface area contributed by atoms with Gasteiger partial charge in [-0.05, 0) is 6.07 Å². The largest absolute Gasteiger partial charge is 0.397 e. The van der Waals surface area contributed by atoms with Gasteiger partial charge in [-0.2, -0.15) is 5.10 Å². The molecule has 2 N–H and O–H groups in total. The molecule has 14 heavy (non-hydrogen) atoms. The van der Waals surface area contributed by atoms with E-state index in [0.717, 1.165) is 9.79 Å². The molecule has 0 bridgehead atoms. The molecule has 0 radical (unpaired) electrons. The molecule has 0 aliphatic heterocycles. The maximum absolute atomic E-state index is 5.76. The minimum Gasteiger partial charge on any atom is -0.397 e. The van der Waals surface area contributed by atoms with Gasteiger partial charge in [-0.25, -0.2) is 0 Å². The molecule has 4 nitrogen and oxygen atoms in total. The van der Waals surface area contributed by atoms with Crippen molar-refractivity contribution in [3.63, 3.8) is 0 Å². The van der Waals surface area contributed by atoms with Crippen molar-refractivity contribution in [1.82, 2.24) is 14.8 Å². The van der Waals surface area contributed by atoms with E-state index in [1.807, 2.05) is 25.5 Å². The van der Waals surface area contributed by atoms with Crippen molar-refractivity contribution in [2.45, 2.75) is 9.79 Å². The van der Waals surface area contributed by atoms with Gasteiger partial charge in [0.25, 0.3) is 0 Å². The highest BCUT2D eigenvalue weighted by Gasteiger charge is 2.02. The highest BCUT2D eigenvalue weighted by molar-refractivity contribution is 7.99. The number of hydrogen-bond donors (Lipinski definition) is 1. The van der Waals surface area contributed by atoms with E-state index in [9.17, 15) is 0 Å². The first kappa shape index (κ1) is 9.08. The molecule has 0 saturated carbocycles. The summed E-state index contributed by atoms with van der Waals surface area (Å²) in [6.07, 6.45) is 7.14. The Morgan fingerprint density at radius 1 is 1.43 bits per heavy atom. The number of aryl methyl sites for hydroxylation is 1. The van der Waals surface area contributed by atoms with Crippen molar-refractivity contribution in [2.24, 2.45) is 7.05 Å². The fourth-order valence-corrected chi connectivity index (χ4v) is 1.92. The van der Waals surface area contributed by atoms with Gasteiger partial charge in [0.15, 0.2) is 0 Å². The Hall–Kier alpha value is -1.49. The molecule has 5 heteroatoms. The quantitative estimate of drug-likeness (QED) is 0.810. The fraction of sp³-hybridized carbons (Fsp3) is 0.111. The summed E-state index contributed by atoms with van der Waals surface area (Å²) >= 11 is 1.59. The molecule has 2 aromatic heterocycles. The molecule has 2 heterocycles. The molecule has 2 aromatic rings. The summed E-state index contributed by atoms with van der Waals surface area (Å²) < 4.78 is 1.76. The molecular weight excluding hydrogens is 196 g/mol. The van der Waals surface area contributed by atoms with Crippen LogP contribution in [0.1, 0.15) is 0 Å². The smallest absolute Gasteiger partial charge is 0.0642 e. The van der Waals surface area contributed by atoms with Crippen molar-refractivity contribution in [2.75, 3.05) is 5.73 Å². The third kappa shape index (κ3) is 1.88. The van der Waals surface area contributed by atoms with Crippen LogP contribution in [0, 0.1) is 0 Å². The van der Waals surface area contributed by atoms with Gasteiger partial charge >= 0.3 is 0 Å². The van der Waals surface area contributed by atoms with Crippen LogP contribution in [0.15, 0.2) is 40.6 Å². The zero-order valence-electron chi connectivity index (χ0n) is 7.71. The number of nitrogens with zero attached hydrogens (tertiary/aromatic N) is 3. The normalized spacial score (nSPS) is 10.4. The van der Waals surface area contributed by atoms with Crippen molar-refractivity contribution in [3.05, 3.63) is 30.9 Å². The van der Waals surface area contributed by atoms with Gasteiger partial charge in [0.05, 0.1) is 23.0 Å². The molecule has 2 rings (SSSR count). The average molecular weight is 206 g/mol. The second-order valence-corrected chi connectivity index (χ2v) is 3.98. The molecule has 0 aliphatic carbocycles. The Labute approximate surface area is 86.1 Å². The monoisotopic (exact) mass is 206 g/mol. The predicted molar refractivity (Wildman–Crippen MR) is 56.0 cm³/mol. The molecule has 72 valence electrons. The molecule has 0 atom stereocenters. The molecule has 0 saturated heterocycles. The zero-order valence-corrected chi connectivity index (χ0v) is 8.53. The van der Waals surface area contributed by atoms with Crippen molar-refractivity contribution in [1.29, 1.82) is 0 Å². The maximum atomic E-state index is 5.76. The summed E-state index contributed by atoms with van der Waals surface area (Å²) in [6.45, 7) is 0. The van der Waals surface area contributed by atoms with Gasteiger partial charge in [-0.3, -0.25) is 9.67 Å². The van der Waals surface area contributed by atoms with Crippen LogP contribution in [0.2, 0.25) is 0 Å². The molecule has 0 aliphatic rings. The van der Waals surface area contributed by atoms with Crippen molar-refractivity contribution < 1.29 is 0 Å². The first-order chi connectivity index (χ1) is 6.75. The molecule has 0 amide bonds. The topological polar surface area (TPSA) is 56.7 Å². The van der Waals surface area contributed by atoms with Crippen LogP contribution in [0.25, 0.3) is 0 Å². The van der Waals surface area contributed by atoms with E-state index in [1.54, 1.807) is 28.8 Å². The Bertz CT molecular complexity index is 438.